The maximum absolute atomic E-state index is 12.0. The van der Waals surface area contributed by atoms with Gasteiger partial charge in [0.2, 0.25) is 0 Å². The lowest BCUT2D eigenvalue weighted by atomic mass is 9.81. The third-order valence-electron chi connectivity index (χ3n) is 6.11. The van der Waals surface area contributed by atoms with Gasteiger partial charge in [-0.05, 0) is 51.9 Å². The Bertz CT molecular complexity index is 581. The van der Waals surface area contributed by atoms with Crippen molar-refractivity contribution in [2.24, 2.45) is 11.8 Å². The smallest absolute Gasteiger partial charge is 0.334 e. The first kappa shape index (κ1) is 18.6. The molecule has 0 aromatic heterocycles. The Kier molecular flexibility index (Phi) is 4.86. The van der Waals surface area contributed by atoms with E-state index in [1.165, 1.54) is 0 Å². The van der Waals surface area contributed by atoms with E-state index in [1.54, 1.807) is 0 Å². The zero-order chi connectivity index (χ0) is 18.4. The lowest BCUT2D eigenvalue weighted by Gasteiger charge is -2.28. The van der Waals surface area contributed by atoms with Crippen LogP contribution < -0.4 is 0 Å². The maximum Gasteiger partial charge on any atom is 0.334 e. The molecular weight excluding hydrogens is 320 g/mol. The van der Waals surface area contributed by atoms with E-state index < -0.39 is 23.8 Å². The van der Waals surface area contributed by atoms with E-state index in [9.17, 15) is 15.0 Å². The highest BCUT2D eigenvalue weighted by molar-refractivity contribution is 5.90. The van der Waals surface area contributed by atoms with Crippen molar-refractivity contribution in [2.45, 2.75) is 82.4 Å². The van der Waals surface area contributed by atoms with Gasteiger partial charge in [-0.2, -0.15) is 0 Å². The van der Waals surface area contributed by atoms with Gasteiger partial charge < -0.3 is 19.7 Å². The molecule has 7 atom stereocenters. The number of esters is 1. The zero-order valence-corrected chi connectivity index (χ0v) is 15.4. The molecule has 0 spiro atoms. The third kappa shape index (κ3) is 3.83. The summed E-state index contributed by atoms with van der Waals surface area (Å²) in [5.74, 6) is -0.636. The van der Waals surface area contributed by atoms with Gasteiger partial charge in [0.25, 0.3) is 0 Å². The number of hydrogen-bond acceptors (Lipinski definition) is 5. The average Bonchev–Trinajstić information content (AvgIpc) is 3.07. The average molecular weight is 350 g/mol. The Balaban J connectivity index is 1.82. The molecule has 2 fully saturated rings. The summed E-state index contributed by atoms with van der Waals surface area (Å²) < 4.78 is 11.3. The van der Waals surface area contributed by atoms with Crippen LogP contribution in [-0.4, -0.2) is 45.7 Å². The van der Waals surface area contributed by atoms with E-state index in [2.05, 4.69) is 6.58 Å². The van der Waals surface area contributed by atoms with E-state index in [-0.39, 0.29) is 23.5 Å². The minimum Gasteiger partial charge on any atom is -0.456 e. The first-order valence-electron chi connectivity index (χ1n) is 9.29. The van der Waals surface area contributed by atoms with Crippen molar-refractivity contribution in [1.82, 2.24) is 0 Å². The quantitative estimate of drug-likeness (QED) is 0.304. The molecule has 3 aliphatic rings. The minimum absolute atomic E-state index is 0.00583. The fraction of sp³-hybridized carbons (Fsp3) is 0.750. The molecular formula is C20H30O5. The van der Waals surface area contributed by atoms with Crippen LogP contribution in [0.4, 0.5) is 0 Å². The second-order valence-electron chi connectivity index (χ2n) is 8.48. The lowest BCUT2D eigenvalue weighted by Crippen LogP contribution is -2.37. The van der Waals surface area contributed by atoms with Crippen LogP contribution in [0.15, 0.2) is 24.3 Å². The van der Waals surface area contributed by atoms with E-state index in [1.807, 2.05) is 32.9 Å². The van der Waals surface area contributed by atoms with Crippen molar-refractivity contribution < 1.29 is 24.5 Å². The SMILES string of the molecule is C=C1C(=O)O[C@@H]2[C@H](O)[C@@H](C)CCC[C@@](C)(O)/C=C\C[C@]3(C)O[C@H]3C[C@H]12. The molecule has 2 N–H and O–H groups in total. The second kappa shape index (κ2) is 6.53. The van der Waals surface area contributed by atoms with Gasteiger partial charge in [0.05, 0.1) is 23.4 Å². The van der Waals surface area contributed by atoms with Gasteiger partial charge in [0.1, 0.15) is 6.10 Å². The van der Waals surface area contributed by atoms with Crippen LogP contribution in [0.2, 0.25) is 0 Å². The Morgan fingerprint density at radius 1 is 1.36 bits per heavy atom. The van der Waals surface area contributed by atoms with Crippen molar-refractivity contribution in [2.75, 3.05) is 0 Å². The zero-order valence-electron chi connectivity index (χ0n) is 15.4. The summed E-state index contributed by atoms with van der Waals surface area (Å²) in [4.78, 5) is 12.0. The van der Waals surface area contributed by atoms with Crippen LogP contribution in [0, 0.1) is 11.8 Å². The highest BCUT2D eigenvalue weighted by Crippen LogP contribution is 2.47. The third-order valence-corrected chi connectivity index (χ3v) is 6.11. The van der Waals surface area contributed by atoms with Crippen LogP contribution in [0.3, 0.4) is 0 Å². The van der Waals surface area contributed by atoms with Crippen molar-refractivity contribution in [3.8, 4) is 0 Å². The molecule has 5 heteroatoms. The molecule has 2 heterocycles. The molecule has 1 aliphatic carbocycles. The normalized spacial score (nSPS) is 49.6. The summed E-state index contributed by atoms with van der Waals surface area (Å²) in [5, 5.41) is 21.2. The van der Waals surface area contributed by atoms with Crippen LogP contribution in [0.5, 0.6) is 0 Å². The predicted octanol–water partition coefficient (Wildman–Crippen LogP) is 2.51. The number of aliphatic hydroxyl groups is 2. The summed E-state index contributed by atoms with van der Waals surface area (Å²) in [7, 11) is 0. The van der Waals surface area contributed by atoms with Gasteiger partial charge in [0.15, 0.2) is 0 Å². The topological polar surface area (TPSA) is 79.3 Å². The highest BCUT2D eigenvalue weighted by Gasteiger charge is 2.55. The second-order valence-corrected chi connectivity index (χ2v) is 8.48. The number of aliphatic hydroxyl groups excluding tert-OH is 1. The monoisotopic (exact) mass is 350 g/mol. The van der Waals surface area contributed by atoms with Gasteiger partial charge >= 0.3 is 5.97 Å². The number of carbonyl (C=O) groups excluding carboxylic acids is 1. The summed E-state index contributed by atoms with van der Waals surface area (Å²) in [6.07, 6.45) is 6.08. The van der Waals surface area contributed by atoms with Gasteiger partial charge in [-0.25, -0.2) is 4.79 Å². The van der Waals surface area contributed by atoms with Crippen LogP contribution in [-0.2, 0) is 14.3 Å². The Labute approximate surface area is 149 Å². The first-order chi connectivity index (χ1) is 11.6. The summed E-state index contributed by atoms with van der Waals surface area (Å²) >= 11 is 0. The Morgan fingerprint density at radius 3 is 2.80 bits per heavy atom. The predicted molar refractivity (Wildman–Crippen MR) is 93.8 cm³/mol. The molecule has 0 aromatic carbocycles. The van der Waals surface area contributed by atoms with Crippen LogP contribution >= 0.6 is 0 Å². The molecule has 2 aliphatic heterocycles. The number of rotatable bonds is 0. The van der Waals surface area contributed by atoms with E-state index in [4.69, 9.17) is 9.47 Å². The van der Waals surface area contributed by atoms with E-state index in [0.29, 0.717) is 24.8 Å². The van der Waals surface area contributed by atoms with Crippen LogP contribution in [0.25, 0.3) is 0 Å². The molecule has 0 unspecified atom stereocenters. The fourth-order valence-electron chi connectivity index (χ4n) is 4.12. The minimum atomic E-state index is -0.855. The molecule has 3 rings (SSSR count). The summed E-state index contributed by atoms with van der Waals surface area (Å²) in [6.45, 7) is 9.70. The number of carbonyl (C=O) groups is 1. The van der Waals surface area contributed by atoms with Crippen molar-refractivity contribution >= 4 is 5.97 Å². The summed E-state index contributed by atoms with van der Waals surface area (Å²) in [5.41, 5.74) is -0.699. The number of hydrogen-bond donors (Lipinski definition) is 2. The Hall–Kier alpha value is -1.17. The van der Waals surface area contributed by atoms with E-state index in [0.717, 1.165) is 12.8 Å². The number of ether oxygens (including phenoxy) is 2. The van der Waals surface area contributed by atoms with Crippen molar-refractivity contribution in [1.29, 1.82) is 0 Å². The highest BCUT2D eigenvalue weighted by atomic mass is 16.6. The molecule has 0 saturated carbocycles. The molecule has 0 radical (unpaired) electrons. The first-order valence-corrected chi connectivity index (χ1v) is 9.29. The van der Waals surface area contributed by atoms with Crippen LogP contribution in [0.1, 0.15) is 52.9 Å². The molecule has 2 saturated heterocycles. The molecule has 0 bridgehead atoms. The molecule has 25 heavy (non-hydrogen) atoms. The van der Waals surface area contributed by atoms with Gasteiger partial charge in [-0.3, -0.25) is 0 Å². The Morgan fingerprint density at radius 2 is 2.08 bits per heavy atom. The molecule has 5 nitrogen and oxygen atoms in total. The van der Waals surface area contributed by atoms with Gasteiger partial charge in [-0.15, -0.1) is 0 Å². The van der Waals surface area contributed by atoms with E-state index >= 15 is 0 Å². The molecule has 140 valence electrons. The summed E-state index contributed by atoms with van der Waals surface area (Å²) in [6, 6.07) is 0. The number of fused-ring (bicyclic) bond motifs is 2. The van der Waals surface area contributed by atoms with Gasteiger partial charge in [0, 0.05) is 11.5 Å². The molecule has 0 amide bonds. The molecule has 0 aromatic rings. The fourth-order valence-corrected chi connectivity index (χ4v) is 4.12. The maximum atomic E-state index is 12.0. The van der Waals surface area contributed by atoms with Crippen molar-refractivity contribution in [3.05, 3.63) is 24.3 Å². The van der Waals surface area contributed by atoms with Crippen molar-refractivity contribution in [3.63, 3.8) is 0 Å². The standard InChI is InChI=1S/C20H30O5/c1-12-7-5-8-19(3,23)9-6-10-20(4)15(25-20)11-14-13(2)18(22)24-17(14)16(12)21/h6,9,12,14-17,21,23H,2,5,7-8,10-11H2,1,3-4H3/b9-6-/t12-,14+,15-,16+,17-,19+,20-/m0/s1. The largest absolute Gasteiger partial charge is 0.456 e. The number of epoxide rings is 1. The van der Waals surface area contributed by atoms with Gasteiger partial charge in [-0.1, -0.05) is 25.7 Å². The lowest BCUT2D eigenvalue weighted by molar-refractivity contribution is -0.146.